The van der Waals surface area contributed by atoms with Crippen LogP contribution in [0.5, 0.6) is 0 Å². The van der Waals surface area contributed by atoms with Crippen molar-refractivity contribution >= 4 is 33.3 Å². The van der Waals surface area contributed by atoms with Crippen LogP contribution < -0.4 is 4.90 Å². The third-order valence-electron chi connectivity index (χ3n) is 2.85. The van der Waals surface area contributed by atoms with Gasteiger partial charge in [0.2, 0.25) is 0 Å². The van der Waals surface area contributed by atoms with Crippen LogP contribution in [-0.4, -0.2) is 21.7 Å². The second-order valence-corrected chi connectivity index (χ2v) is 4.96. The van der Waals surface area contributed by atoms with Crippen LogP contribution in [0.1, 0.15) is 16.2 Å². The lowest BCUT2D eigenvalue weighted by Gasteiger charge is -2.15. The Hall–Kier alpha value is -2.08. The SMILES string of the molecule is O=C1C(=O)N(Cc2ncccn2)c2ccc(Br)cc21. The molecule has 0 fully saturated rings. The molecule has 0 spiro atoms. The van der Waals surface area contributed by atoms with Crippen molar-refractivity contribution in [3.05, 3.63) is 52.5 Å². The highest BCUT2D eigenvalue weighted by Crippen LogP contribution is 2.31. The number of halogens is 1. The first kappa shape index (κ1) is 12.0. The molecule has 0 aliphatic carbocycles. The summed E-state index contributed by atoms with van der Waals surface area (Å²) < 4.78 is 0.769. The molecule has 1 aliphatic rings. The predicted octanol–water partition coefficient (Wildman–Crippen LogP) is 1.97. The van der Waals surface area contributed by atoms with Crippen molar-refractivity contribution in [2.45, 2.75) is 6.54 Å². The maximum absolute atomic E-state index is 12.0. The van der Waals surface area contributed by atoms with Gasteiger partial charge in [-0.1, -0.05) is 15.9 Å². The fourth-order valence-corrected chi connectivity index (χ4v) is 2.34. The molecule has 1 aromatic carbocycles. The quantitative estimate of drug-likeness (QED) is 0.794. The lowest BCUT2D eigenvalue weighted by Crippen LogP contribution is -2.29. The van der Waals surface area contributed by atoms with E-state index in [0.717, 1.165) is 4.47 Å². The van der Waals surface area contributed by atoms with Crippen LogP contribution in [0.4, 0.5) is 5.69 Å². The zero-order valence-electron chi connectivity index (χ0n) is 9.71. The highest BCUT2D eigenvalue weighted by Gasteiger charge is 2.36. The monoisotopic (exact) mass is 317 g/mol. The Kier molecular flexibility index (Phi) is 2.87. The zero-order valence-corrected chi connectivity index (χ0v) is 11.3. The third-order valence-corrected chi connectivity index (χ3v) is 3.35. The summed E-state index contributed by atoms with van der Waals surface area (Å²) >= 11 is 3.29. The second kappa shape index (κ2) is 4.55. The van der Waals surface area contributed by atoms with Crippen molar-refractivity contribution in [3.8, 4) is 0 Å². The molecule has 0 saturated carbocycles. The van der Waals surface area contributed by atoms with E-state index in [1.165, 1.54) is 4.90 Å². The fourth-order valence-electron chi connectivity index (χ4n) is 1.98. The number of aromatic nitrogens is 2. The molecule has 1 aliphatic heterocycles. The van der Waals surface area contributed by atoms with Crippen molar-refractivity contribution in [1.82, 2.24) is 9.97 Å². The van der Waals surface area contributed by atoms with Gasteiger partial charge in [-0.25, -0.2) is 9.97 Å². The minimum Gasteiger partial charge on any atom is -0.297 e. The van der Waals surface area contributed by atoms with Crippen molar-refractivity contribution in [1.29, 1.82) is 0 Å². The number of carbonyl (C=O) groups is 2. The highest BCUT2D eigenvalue weighted by molar-refractivity contribution is 9.10. The molecule has 1 aromatic heterocycles. The number of benzene rings is 1. The van der Waals surface area contributed by atoms with E-state index in [4.69, 9.17) is 0 Å². The molecule has 0 N–H and O–H groups in total. The second-order valence-electron chi connectivity index (χ2n) is 4.05. The van der Waals surface area contributed by atoms with Crippen LogP contribution in [0, 0.1) is 0 Å². The molecule has 3 rings (SSSR count). The number of Topliss-reactive ketones (excluding diaryl/α,β-unsaturated/α-hetero) is 1. The summed E-state index contributed by atoms with van der Waals surface area (Å²) in [5.74, 6) is -0.535. The molecule has 0 unspecified atom stereocenters. The molecular formula is C13H8BrN3O2. The number of hydrogen-bond acceptors (Lipinski definition) is 4. The average molecular weight is 318 g/mol. The van der Waals surface area contributed by atoms with Crippen molar-refractivity contribution in [2.75, 3.05) is 4.90 Å². The van der Waals surface area contributed by atoms with E-state index in [2.05, 4.69) is 25.9 Å². The number of anilines is 1. The molecule has 19 heavy (non-hydrogen) atoms. The van der Waals surface area contributed by atoms with Gasteiger partial charge in [-0.3, -0.25) is 14.5 Å². The number of rotatable bonds is 2. The minimum atomic E-state index is -0.541. The Morgan fingerprint density at radius 3 is 2.63 bits per heavy atom. The van der Waals surface area contributed by atoms with Crippen LogP contribution in [0.25, 0.3) is 0 Å². The van der Waals surface area contributed by atoms with Gasteiger partial charge in [0.1, 0.15) is 5.82 Å². The Morgan fingerprint density at radius 1 is 1.16 bits per heavy atom. The Bertz CT molecular complexity index is 673. The van der Waals surface area contributed by atoms with Gasteiger partial charge in [0.15, 0.2) is 0 Å². The number of fused-ring (bicyclic) bond motifs is 1. The van der Waals surface area contributed by atoms with Crippen LogP contribution in [0.3, 0.4) is 0 Å². The normalized spacial score (nSPS) is 13.8. The summed E-state index contributed by atoms with van der Waals surface area (Å²) in [5, 5.41) is 0. The number of amides is 1. The van der Waals surface area contributed by atoms with E-state index < -0.39 is 11.7 Å². The smallest absolute Gasteiger partial charge is 0.297 e. The summed E-state index contributed by atoms with van der Waals surface area (Å²) in [7, 11) is 0. The summed E-state index contributed by atoms with van der Waals surface area (Å²) in [6, 6.07) is 6.89. The van der Waals surface area contributed by atoms with Crippen molar-refractivity contribution in [3.63, 3.8) is 0 Å². The topological polar surface area (TPSA) is 63.2 Å². The molecule has 0 radical (unpaired) electrons. The summed E-state index contributed by atoms with van der Waals surface area (Å²) in [4.78, 5) is 33.4. The molecule has 2 heterocycles. The van der Waals surface area contributed by atoms with E-state index >= 15 is 0 Å². The maximum Gasteiger partial charge on any atom is 0.299 e. The fraction of sp³-hybridized carbons (Fsp3) is 0.0769. The van der Waals surface area contributed by atoms with E-state index in [-0.39, 0.29) is 6.54 Å². The van der Waals surface area contributed by atoms with E-state index in [1.807, 2.05) is 0 Å². The van der Waals surface area contributed by atoms with Crippen LogP contribution >= 0.6 is 15.9 Å². The van der Waals surface area contributed by atoms with Crippen LogP contribution in [0.15, 0.2) is 41.1 Å². The molecule has 0 bridgehead atoms. The molecule has 0 atom stereocenters. The molecule has 2 aromatic rings. The number of hydrogen-bond donors (Lipinski definition) is 0. The van der Waals surface area contributed by atoms with E-state index in [9.17, 15) is 9.59 Å². The van der Waals surface area contributed by atoms with Crippen LogP contribution in [0.2, 0.25) is 0 Å². The van der Waals surface area contributed by atoms with Gasteiger partial charge >= 0.3 is 0 Å². The molecular weight excluding hydrogens is 310 g/mol. The molecule has 0 saturated heterocycles. The van der Waals surface area contributed by atoms with Gasteiger partial charge in [0.25, 0.3) is 11.7 Å². The molecule has 6 heteroatoms. The lowest BCUT2D eigenvalue weighted by atomic mass is 10.1. The van der Waals surface area contributed by atoms with Crippen LogP contribution in [-0.2, 0) is 11.3 Å². The standard InChI is InChI=1S/C13H8BrN3O2/c14-8-2-3-10-9(6-8)12(18)13(19)17(10)7-11-15-4-1-5-16-11/h1-6H,7H2. The largest absolute Gasteiger partial charge is 0.299 e. The molecule has 94 valence electrons. The first-order valence-electron chi connectivity index (χ1n) is 5.58. The first-order chi connectivity index (χ1) is 9.16. The highest BCUT2D eigenvalue weighted by atomic mass is 79.9. The number of carbonyl (C=O) groups excluding carboxylic acids is 2. The van der Waals surface area contributed by atoms with Gasteiger partial charge in [-0.2, -0.15) is 0 Å². The Labute approximate surface area is 117 Å². The van der Waals surface area contributed by atoms with E-state index in [0.29, 0.717) is 17.1 Å². The number of ketones is 1. The number of nitrogens with zero attached hydrogens (tertiary/aromatic N) is 3. The predicted molar refractivity (Wildman–Crippen MR) is 71.7 cm³/mol. The zero-order chi connectivity index (χ0) is 13.4. The Balaban J connectivity index is 2.00. The maximum atomic E-state index is 12.0. The van der Waals surface area contributed by atoms with Gasteiger partial charge in [-0.05, 0) is 24.3 Å². The molecule has 1 amide bonds. The Morgan fingerprint density at radius 2 is 1.89 bits per heavy atom. The minimum absolute atomic E-state index is 0.194. The summed E-state index contributed by atoms with van der Waals surface area (Å²) in [5.41, 5.74) is 1.01. The van der Waals surface area contributed by atoms with Crippen molar-refractivity contribution < 1.29 is 9.59 Å². The first-order valence-corrected chi connectivity index (χ1v) is 6.38. The van der Waals surface area contributed by atoms with E-state index in [1.54, 1.807) is 36.7 Å². The van der Waals surface area contributed by atoms with Crippen molar-refractivity contribution in [2.24, 2.45) is 0 Å². The van der Waals surface area contributed by atoms with Gasteiger partial charge in [0, 0.05) is 16.9 Å². The van der Waals surface area contributed by atoms with Gasteiger partial charge in [-0.15, -0.1) is 0 Å². The van der Waals surface area contributed by atoms with Gasteiger partial charge in [0.05, 0.1) is 17.8 Å². The average Bonchev–Trinajstić information content (AvgIpc) is 2.65. The third kappa shape index (κ3) is 2.04. The lowest BCUT2D eigenvalue weighted by molar-refractivity contribution is -0.114. The summed E-state index contributed by atoms with van der Waals surface area (Å²) in [6.07, 6.45) is 3.21. The summed E-state index contributed by atoms with van der Waals surface area (Å²) in [6.45, 7) is 0.194. The molecule has 5 nitrogen and oxygen atoms in total. The van der Waals surface area contributed by atoms with Gasteiger partial charge < -0.3 is 0 Å².